The summed E-state index contributed by atoms with van der Waals surface area (Å²) in [6.45, 7) is 0.188. The molecule has 2 amide bonds. The van der Waals surface area contributed by atoms with Gasteiger partial charge in [0.15, 0.2) is 0 Å². The molecule has 0 spiro atoms. The molecule has 4 nitrogen and oxygen atoms in total. The van der Waals surface area contributed by atoms with Crippen LogP contribution in [0.5, 0.6) is 0 Å². The van der Waals surface area contributed by atoms with E-state index in [0.717, 1.165) is 12.1 Å². The Hall–Kier alpha value is -1.81. The van der Waals surface area contributed by atoms with E-state index >= 15 is 0 Å². The molecule has 1 N–H and O–H groups in total. The smallest absolute Gasteiger partial charge is 0.235 e. The van der Waals surface area contributed by atoms with Crippen molar-refractivity contribution in [2.75, 3.05) is 12.0 Å². The van der Waals surface area contributed by atoms with E-state index in [1.165, 1.54) is 4.90 Å². The van der Waals surface area contributed by atoms with E-state index in [-0.39, 0.29) is 42.2 Å². The second-order valence-electron chi connectivity index (χ2n) is 5.92. The molecule has 5 heteroatoms. The zero-order valence-corrected chi connectivity index (χ0v) is 12.1. The van der Waals surface area contributed by atoms with Crippen LogP contribution in [0.3, 0.4) is 0 Å². The standard InChI is InChI=1S/C16H15ClN2O2/c17-11-3-1-2-4-12(11)18-8-19-15(20)13-9-5-6-10(7-9)14(13)16(19)21/h1-6,9-10,13-14,18H,7-8H2/t9-,10+,13+,14-. The van der Waals surface area contributed by atoms with Gasteiger partial charge in [0.05, 0.1) is 29.2 Å². The maximum Gasteiger partial charge on any atom is 0.235 e. The van der Waals surface area contributed by atoms with Gasteiger partial charge in [0.25, 0.3) is 0 Å². The van der Waals surface area contributed by atoms with Gasteiger partial charge >= 0.3 is 0 Å². The van der Waals surface area contributed by atoms with Gasteiger partial charge in [0, 0.05) is 0 Å². The Bertz CT molecular complexity index is 627. The molecule has 21 heavy (non-hydrogen) atoms. The fourth-order valence-corrected chi connectivity index (χ4v) is 4.09. The number of nitrogens with zero attached hydrogens (tertiary/aromatic N) is 1. The molecule has 2 fully saturated rings. The van der Waals surface area contributed by atoms with Gasteiger partial charge in [-0.15, -0.1) is 0 Å². The number of halogens is 1. The van der Waals surface area contributed by atoms with Crippen molar-refractivity contribution in [3.8, 4) is 0 Å². The minimum Gasteiger partial charge on any atom is -0.366 e. The quantitative estimate of drug-likeness (QED) is 0.689. The zero-order chi connectivity index (χ0) is 14.6. The second kappa shape index (κ2) is 4.60. The summed E-state index contributed by atoms with van der Waals surface area (Å²) < 4.78 is 0. The molecule has 0 unspecified atom stereocenters. The Morgan fingerprint density at radius 3 is 2.33 bits per heavy atom. The maximum atomic E-state index is 12.5. The van der Waals surface area contributed by atoms with Crippen molar-refractivity contribution in [2.24, 2.45) is 23.7 Å². The number of benzene rings is 1. The Balaban J connectivity index is 1.51. The Morgan fingerprint density at radius 1 is 1.10 bits per heavy atom. The third-order valence-corrected chi connectivity index (χ3v) is 5.19. The number of carbonyl (C=O) groups excluding carboxylic acids is 2. The molecule has 4 rings (SSSR count). The van der Waals surface area contributed by atoms with E-state index in [0.29, 0.717) is 5.02 Å². The second-order valence-corrected chi connectivity index (χ2v) is 6.33. The summed E-state index contributed by atoms with van der Waals surface area (Å²) in [4.78, 5) is 26.3. The van der Waals surface area contributed by atoms with Crippen molar-refractivity contribution in [1.82, 2.24) is 4.90 Å². The highest BCUT2D eigenvalue weighted by Gasteiger charge is 2.59. The fourth-order valence-electron chi connectivity index (χ4n) is 3.89. The molecule has 108 valence electrons. The molecule has 1 saturated heterocycles. The van der Waals surface area contributed by atoms with Crippen molar-refractivity contribution >= 4 is 29.1 Å². The number of rotatable bonds is 3. The number of anilines is 1. The number of nitrogens with one attached hydrogen (secondary N) is 1. The van der Waals surface area contributed by atoms with Crippen LogP contribution in [0.15, 0.2) is 36.4 Å². The van der Waals surface area contributed by atoms with E-state index in [1.54, 1.807) is 6.07 Å². The number of amides is 2. The lowest BCUT2D eigenvalue weighted by Crippen LogP contribution is -2.37. The van der Waals surface area contributed by atoms with E-state index in [9.17, 15) is 9.59 Å². The van der Waals surface area contributed by atoms with E-state index in [1.807, 2.05) is 18.2 Å². The van der Waals surface area contributed by atoms with Crippen LogP contribution in [0.25, 0.3) is 0 Å². The first-order valence-electron chi connectivity index (χ1n) is 7.19. The van der Waals surface area contributed by atoms with Gasteiger partial charge in [0.2, 0.25) is 11.8 Å². The molecule has 4 atom stereocenters. The topological polar surface area (TPSA) is 49.4 Å². The van der Waals surface area contributed by atoms with Crippen LogP contribution >= 0.6 is 11.6 Å². The molecule has 1 aromatic carbocycles. The third kappa shape index (κ3) is 1.82. The molecule has 1 aromatic rings. The highest BCUT2D eigenvalue weighted by molar-refractivity contribution is 6.33. The molecule has 0 aromatic heterocycles. The minimum atomic E-state index is -0.138. The average Bonchev–Trinajstić information content (AvgIpc) is 3.14. The van der Waals surface area contributed by atoms with Gasteiger partial charge in [0.1, 0.15) is 0 Å². The van der Waals surface area contributed by atoms with E-state index in [4.69, 9.17) is 11.6 Å². The number of para-hydroxylation sites is 1. The summed E-state index contributed by atoms with van der Waals surface area (Å²) in [5.41, 5.74) is 0.734. The monoisotopic (exact) mass is 302 g/mol. The Kier molecular flexibility index (Phi) is 2.82. The fraction of sp³-hybridized carbons (Fsp3) is 0.375. The van der Waals surface area contributed by atoms with Crippen LogP contribution in [-0.4, -0.2) is 23.4 Å². The first-order valence-corrected chi connectivity index (χ1v) is 7.56. The van der Waals surface area contributed by atoms with Crippen LogP contribution in [0.1, 0.15) is 6.42 Å². The van der Waals surface area contributed by atoms with Crippen LogP contribution < -0.4 is 5.32 Å². The van der Waals surface area contributed by atoms with Gasteiger partial charge in [-0.3, -0.25) is 14.5 Å². The minimum absolute atomic E-state index is 0.0404. The molecule has 1 heterocycles. The molecule has 2 bridgehead atoms. The third-order valence-electron chi connectivity index (χ3n) is 4.86. The van der Waals surface area contributed by atoms with Crippen molar-refractivity contribution < 1.29 is 9.59 Å². The summed E-state index contributed by atoms with van der Waals surface area (Å²) in [5, 5.41) is 3.67. The number of hydrogen-bond acceptors (Lipinski definition) is 3. The summed E-state index contributed by atoms with van der Waals surface area (Å²) >= 11 is 6.07. The molecule has 2 aliphatic carbocycles. The van der Waals surface area contributed by atoms with Gasteiger partial charge in [-0.1, -0.05) is 35.9 Å². The van der Waals surface area contributed by atoms with E-state index in [2.05, 4.69) is 17.5 Å². The highest BCUT2D eigenvalue weighted by Crippen LogP contribution is 2.52. The van der Waals surface area contributed by atoms with Gasteiger partial charge < -0.3 is 5.32 Å². The summed E-state index contributed by atoms with van der Waals surface area (Å²) in [7, 11) is 0. The number of imide groups is 1. The normalized spacial score (nSPS) is 32.9. The van der Waals surface area contributed by atoms with Crippen molar-refractivity contribution in [1.29, 1.82) is 0 Å². The number of likely N-dealkylation sites (tertiary alicyclic amines) is 1. The molecule has 1 aliphatic heterocycles. The molecular weight excluding hydrogens is 288 g/mol. The SMILES string of the molecule is O=C1[C@@H]2[C@H](C(=O)N1CNc1ccccc1Cl)[C@H]1C=C[C@@H]2C1. The lowest BCUT2D eigenvalue weighted by molar-refractivity contribution is -0.140. The Labute approximate surface area is 127 Å². The van der Waals surface area contributed by atoms with Crippen molar-refractivity contribution in [2.45, 2.75) is 6.42 Å². The number of fused-ring (bicyclic) bond motifs is 5. The van der Waals surface area contributed by atoms with Gasteiger partial charge in [-0.2, -0.15) is 0 Å². The molecular formula is C16H15ClN2O2. The van der Waals surface area contributed by atoms with Crippen LogP contribution in [0.2, 0.25) is 5.02 Å². The van der Waals surface area contributed by atoms with Gasteiger partial charge in [-0.25, -0.2) is 0 Å². The predicted octanol–water partition coefficient (Wildman–Crippen LogP) is 2.52. The zero-order valence-electron chi connectivity index (χ0n) is 11.3. The molecule has 1 saturated carbocycles. The number of allylic oxidation sites excluding steroid dienone is 2. The summed E-state index contributed by atoms with van der Waals surface area (Å²) in [6.07, 6.45) is 5.16. The van der Waals surface area contributed by atoms with E-state index < -0.39 is 0 Å². The average molecular weight is 303 g/mol. The molecule has 3 aliphatic rings. The van der Waals surface area contributed by atoms with Crippen molar-refractivity contribution in [3.05, 3.63) is 41.4 Å². The first-order chi connectivity index (χ1) is 10.2. The molecule has 0 radical (unpaired) electrons. The highest BCUT2D eigenvalue weighted by atomic mass is 35.5. The summed E-state index contributed by atoms with van der Waals surface area (Å²) in [5.74, 6) is 0.146. The lowest BCUT2D eigenvalue weighted by Gasteiger charge is -2.18. The van der Waals surface area contributed by atoms with Crippen LogP contribution in [0.4, 0.5) is 5.69 Å². The largest absolute Gasteiger partial charge is 0.366 e. The number of carbonyl (C=O) groups is 2. The van der Waals surface area contributed by atoms with Gasteiger partial charge in [-0.05, 0) is 30.4 Å². The Morgan fingerprint density at radius 2 is 1.71 bits per heavy atom. The van der Waals surface area contributed by atoms with Crippen LogP contribution in [-0.2, 0) is 9.59 Å². The maximum absolute atomic E-state index is 12.5. The lowest BCUT2D eigenvalue weighted by atomic mass is 9.85. The van der Waals surface area contributed by atoms with Crippen LogP contribution in [0, 0.1) is 23.7 Å². The first kappa shape index (κ1) is 12.9. The van der Waals surface area contributed by atoms with Crippen molar-refractivity contribution in [3.63, 3.8) is 0 Å². The predicted molar refractivity (Wildman–Crippen MR) is 79.5 cm³/mol. The number of hydrogen-bond donors (Lipinski definition) is 1. The summed E-state index contributed by atoms with van der Waals surface area (Å²) in [6, 6.07) is 7.31.